The van der Waals surface area contributed by atoms with E-state index in [1.807, 2.05) is 13.8 Å². The standard InChI is InChI=1S/C17H26N2O4/c1-11-6-4-5-7-15(11)18-16(20)10-22-17(21)9-8-14-12(2)19-23-13(14)3/h11,15H,4-10H2,1-3H3,(H,18,20)/t11-,15+/m0/s1. The molecule has 1 amide bonds. The second-order valence-electron chi connectivity index (χ2n) is 6.40. The number of hydrogen-bond donors (Lipinski definition) is 1. The van der Waals surface area contributed by atoms with E-state index in [4.69, 9.17) is 9.26 Å². The zero-order valence-electron chi connectivity index (χ0n) is 14.2. The van der Waals surface area contributed by atoms with Gasteiger partial charge in [0.1, 0.15) is 5.76 Å². The van der Waals surface area contributed by atoms with Gasteiger partial charge in [-0.15, -0.1) is 0 Å². The number of aromatic nitrogens is 1. The van der Waals surface area contributed by atoms with Crippen LogP contribution in [0.2, 0.25) is 0 Å². The minimum Gasteiger partial charge on any atom is -0.456 e. The molecule has 0 radical (unpaired) electrons. The highest BCUT2D eigenvalue weighted by Gasteiger charge is 2.23. The van der Waals surface area contributed by atoms with E-state index in [1.165, 1.54) is 6.42 Å². The van der Waals surface area contributed by atoms with Crippen LogP contribution < -0.4 is 5.32 Å². The summed E-state index contributed by atoms with van der Waals surface area (Å²) in [4.78, 5) is 23.7. The van der Waals surface area contributed by atoms with Crippen molar-refractivity contribution in [3.8, 4) is 0 Å². The Morgan fingerprint density at radius 2 is 2.04 bits per heavy atom. The SMILES string of the molecule is Cc1noc(C)c1CCC(=O)OCC(=O)N[C@@H]1CCCC[C@@H]1C. The number of amides is 1. The van der Waals surface area contributed by atoms with E-state index < -0.39 is 0 Å². The monoisotopic (exact) mass is 322 g/mol. The Labute approximate surface area is 136 Å². The zero-order chi connectivity index (χ0) is 16.8. The highest BCUT2D eigenvalue weighted by molar-refractivity contribution is 5.80. The molecule has 0 bridgehead atoms. The Hall–Kier alpha value is -1.85. The quantitative estimate of drug-likeness (QED) is 0.814. The maximum absolute atomic E-state index is 11.9. The molecular formula is C17H26N2O4. The van der Waals surface area contributed by atoms with Crippen molar-refractivity contribution < 1.29 is 18.8 Å². The van der Waals surface area contributed by atoms with Crippen molar-refractivity contribution >= 4 is 11.9 Å². The van der Waals surface area contributed by atoms with Crippen molar-refractivity contribution in [1.29, 1.82) is 0 Å². The van der Waals surface area contributed by atoms with E-state index in [0.29, 0.717) is 12.3 Å². The number of carbonyl (C=O) groups is 2. The highest BCUT2D eigenvalue weighted by atomic mass is 16.5. The second-order valence-corrected chi connectivity index (χ2v) is 6.40. The van der Waals surface area contributed by atoms with Crippen LogP contribution in [0.1, 0.15) is 56.0 Å². The van der Waals surface area contributed by atoms with Crippen LogP contribution in [0.15, 0.2) is 4.52 Å². The van der Waals surface area contributed by atoms with Crippen LogP contribution in [-0.2, 0) is 20.7 Å². The molecule has 1 aliphatic rings. The van der Waals surface area contributed by atoms with E-state index in [2.05, 4.69) is 17.4 Å². The molecule has 0 spiro atoms. The molecule has 0 unspecified atom stereocenters. The smallest absolute Gasteiger partial charge is 0.306 e. The van der Waals surface area contributed by atoms with Gasteiger partial charge >= 0.3 is 5.97 Å². The summed E-state index contributed by atoms with van der Waals surface area (Å²) in [6.07, 6.45) is 5.25. The Morgan fingerprint density at radius 3 is 2.70 bits per heavy atom. The lowest BCUT2D eigenvalue weighted by atomic mass is 9.86. The number of carbonyl (C=O) groups excluding carboxylic acids is 2. The van der Waals surface area contributed by atoms with Gasteiger partial charge in [-0.3, -0.25) is 9.59 Å². The van der Waals surface area contributed by atoms with Gasteiger partial charge in [-0.05, 0) is 39.0 Å². The van der Waals surface area contributed by atoms with Gasteiger partial charge < -0.3 is 14.6 Å². The number of aryl methyl sites for hydroxylation is 2. The fraction of sp³-hybridized carbons (Fsp3) is 0.706. The van der Waals surface area contributed by atoms with Crippen LogP contribution >= 0.6 is 0 Å². The molecule has 0 saturated heterocycles. The molecule has 6 nitrogen and oxygen atoms in total. The molecule has 1 saturated carbocycles. The number of ether oxygens (including phenoxy) is 1. The zero-order valence-corrected chi connectivity index (χ0v) is 14.2. The fourth-order valence-electron chi connectivity index (χ4n) is 3.08. The van der Waals surface area contributed by atoms with Crippen LogP contribution in [0.25, 0.3) is 0 Å². The van der Waals surface area contributed by atoms with Crippen molar-refractivity contribution in [2.75, 3.05) is 6.61 Å². The normalized spacial score (nSPS) is 21.0. The molecular weight excluding hydrogens is 296 g/mol. The first-order chi connectivity index (χ1) is 11.0. The summed E-state index contributed by atoms with van der Waals surface area (Å²) in [7, 11) is 0. The molecule has 1 heterocycles. The van der Waals surface area contributed by atoms with Gasteiger partial charge in [-0.25, -0.2) is 0 Å². The van der Waals surface area contributed by atoms with Gasteiger partial charge in [0.05, 0.1) is 5.69 Å². The van der Waals surface area contributed by atoms with Crippen LogP contribution in [0.3, 0.4) is 0 Å². The van der Waals surface area contributed by atoms with Gasteiger partial charge in [-0.1, -0.05) is 24.9 Å². The molecule has 1 aromatic heterocycles. The fourth-order valence-corrected chi connectivity index (χ4v) is 3.08. The van der Waals surface area contributed by atoms with Gasteiger partial charge in [0.2, 0.25) is 0 Å². The van der Waals surface area contributed by atoms with Gasteiger partial charge in [-0.2, -0.15) is 0 Å². The maximum atomic E-state index is 11.9. The van der Waals surface area contributed by atoms with E-state index in [1.54, 1.807) is 0 Å². The Morgan fingerprint density at radius 1 is 1.30 bits per heavy atom. The molecule has 128 valence electrons. The predicted octanol–water partition coefficient (Wildman–Crippen LogP) is 2.46. The van der Waals surface area contributed by atoms with Crippen molar-refractivity contribution in [2.24, 2.45) is 5.92 Å². The van der Waals surface area contributed by atoms with E-state index in [9.17, 15) is 9.59 Å². The largest absolute Gasteiger partial charge is 0.456 e. The third-order valence-corrected chi connectivity index (χ3v) is 4.58. The summed E-state index contributed by atoms with van der Waals surface area (Å²) < 4.78 is 10.1. The molecule has 2 rings (SSSR count). The van der Waals surface area contributed by atoms with Gasteiger partial charge in [0.15, 0.2) is 6.61 Å². The van der Waals surface area contributed by atoms with Crippen molar-refractivity contribution in [3.05, 3.63) is 17.0 Å². The van der Waals surface area contributed by atoms with Crippen LogP contribution in [0, 0.1) is 19.8 Å². The van der Waals surface area contributed by atoms with E-state index >= 15 is 0 Å². The summed E-state index contributed by atoms with van der Waals surface area (Å²) in [6.45, 7) is 5.61. The third kappa shape index (κ3) is 5.08. The molecule has 0 aromatic carbocycles. The summed E-state index contributed by atoms with van der Waals surface area (Å²) in [5.41, 5.74) is 1.72. The first kappa shape index (κ1) is 17.5. The number of hydrogen-bond acceptors (Lipinski definition) is 5. The number of esters is 1. The summed E-state index contributed by atoms with van der Waals surface area (Å²) in [5, 5.41) is 6.82. The molecule has 1 fully saturated rings. The predicted molar refractivity (Wildman–Crippen MR) is 84.8 cm³/mol. The minimum absolute atomic E-state index is 0.205. The number of nitrogens with zero attached hydrogens (tertiary/aromatic N) is 1. The molecule has 2 atom stereocenters. The lowest BCUT2D eigenvalue weighted by Gasteiger charge is -2.29. The Kier molecular flexibility index (Phi) is 6.19. The molecule has 1 aliphatic carbocycles. The summed E-state index contributed by atoms with van der Waals surface area (Å²) in [6, 6.07) is 0.206. The number of nitrogens with one attached hydrogen (secondary N) is 1. The lowest BCUT2D eigenvalue weighted by Crippen LogP contribution is -2.42. The first-order valence-electron chi connectivity index (χ1n) is 8.34. The van der Waals surface area contributed by atoms with E-state index in [0.717, 1.165) is 36.3 Å². The van der Waals surface area contributed by atoms with Crippen LogP contribution in [-0.4, -0.2) is 29.7 Å². The average molecular weight is 322 g/mol. The topological polar surface area (TPSA) is 81.4 Å². The molecule has 1 N–H and O–H groups in total. The van der Waals surface area contributed by atoms with Gasteiger partial charge in [0.25, 0.3) is 5.91 Å². The van der Waals surface area contributed by atoms with Gasteiger partial charge in [0, 0.05) is 18.0 Å². The van der Waals surface area contributed by atoms with Crippen LogP contribution in [0.5, 0.6) is 0 Å². The second kappa shape index (κ2) is 8.13. The maximum Gasteiger partial charge on any atom is 0.306 e. The summed E-state index contributed by atoms with van der Waals surface area (Å²) in [5.74, 6) is 0.619. The third-order valence-electron chi connectivity index (χ3n) is 4.58. The van der Waals surface area contributed by atoms with Crippen molar-refractivity contribution in [1.82, 2.24) is 10.5 Å². The van der Waals surface area contributed by atoms with E-state index in [-0.39, 0.29) is 30.9 Å². The molecule has 23 heavy (non-hydrogen) atoms. The molecule has 0 aliphatic heterocycles. The first-order valence-corrected chi connectivity index (χ1v) is 8.34. The Bertz CT molecular complexity index is 533. The highest BCUT2D eigenvalue weighted by Crippen LogP contribution is 2.23. The summed E-state index contributed by atoms with van der Waals surface area (Å²) >= 11 is 0. The lowest BCUT2D eigenvalue weighted by molar-refractivity contribution is -0.148. The number of rotatable bonds is 6. The minimum atomic E-state index is -0.378. The average Bonchev–Trinajstić information content (AvgIpc) is 2.84. The van der Waals surface area contributed by atoms with Crippen molar-refractivity contribution in [2.45, 2.75) is 65.3 Å². The van der Waals surface area contributed by atoms with Crippen LogP contribution in [0.4, 0.5) is 0 Å². The molecule has 1 aromatic rings. The molecule has 6 heteroatoms. The van der Waals surface area contributed by atoms with Crippen molar-refractivity contribution in [3.63, 3.8) is 0 Å². The Balaban J connectivity index is 1.68.